The molecule has 0 amide bonds. The highest BCUT2D eigenvalue weighted by Gasteiger charge is 2.33. The van der Waals surface area contributed by atoms with Gasteiger partial charge in [-0.1, -0.05) is 33.1 Å². The van der Waals surface area contributed by atoms with Gasteiger partial charge in [0, 0.05) is 32.0 Å². The van der Waals surface area contributed by atoms with Gasteiger partial charge in [-0.3, -0.25) is 4.79 Å². The van der Waals surface area contributed by atoms with E-state index in [0.29, 0.717) is 30.0 Å². The number of nitrogens with zero attached hydrogens (tertiary/aromatic N) is 1. The summed E-state index contributed by atoms with van der Waals surface area (Å²) in [6.07, 6.45) is 7.45. The maximum Gasteiger partial charge on any atom is 0.137 e. The summed E-state index contributed by atoms with van der Waals surface area (Å²) >= 11 is 0. The highest BCUT2D eigenvalue weighted by Crippen LogP contribution is 2.37. The Kier molecular flexibility index (Phi) is 6.03. The van der Waals surface area contributed by atoms with Gasteiger partial charge in [-0.2, -0.15) is 0 Å². The van der Waals surface area contributed by atoms with Crippen LogP contribution in [-0.2, 0) is 4.79 Å². The number of aliphatic hydroxyl groups excluding tert-OH is 1. The van der Waals surface area contributed by atoms with E-state index in [4.69, 9.17) is 0 Å². The van der Waals surface area contributed by atoms with Crippen molar-refractivity contribution in [3.05, 3.63) is 0 Å². The Hall–Kier alpha value is -0.410. The van der Waals surface area contributed by atoms with Gasteiger partial charge >= 0.3 is 0 Å². The molecule has 2 rings (SSSR count). The van der Waals surface area contributed by atoms with Crippen LogP contribution in [-0.4, -0.2) is 41.5 Å². The van der Waals surface area contributed by atoms with Gasteiger partial charge in [0.05, 0.1) is 6.10 Å². The zero-order valence-corrected chi connectivity index (χ0v) is 13.2. The molecule has 0 aromatic carbocycles. The minimum Gasteiger partial charge on any atom is -0.392 e. The number of carbonyl (C=O) groups excluding carboxylic acids is 1. The first-order valence-corrected chi connectivity index (χ1v) is 8.55. The van der Waals surface area contributed by atoms with Crippen molar-refractivity contribution in [2.75, 3.05) is 19.6 Å². The van der Waals surface area contributed by atoms with E-state index in [1.54, 1.807) is 0 Å². The van der Waals surface area contributed by atoms with E-state index in [-0.39, 0.29) is 6.10 Å². The second-order valence-corrected chi connectivity index (χ2v) is 6.90. The lowest BCUT2D eigenvalue weighted by molar-refractivity contribution is -0.126. The molecule has 20 heavy (non-hydrogen) atoms. The van der Waals surface area contributed by atoms with Crippen LogP contribution in [0.25, 0.3) is 0 Å². The highest BCUT2D eigenvalue weighted by molar-refractivity contribution is 5.81. The molecule has 3 nitrogen and oxygen atoms in total. The van der Waals surface area contributed by atoms with Crippen molar-refractivity contribution >= 4 is 5.78 Å². The molecule has 0 aromatic heterocycles. The first-order chi connectivity index (χ1) is 9.61. The summed E-state index contributed by atoms with van der Waals surface area (Å²) in [5.74, 6) is 2.09. The number of likely N-dealkylation sites (tertiary alicyclic amines) is 1. The van der Waals surface area contributed by atoms with Crippen LogP contribution in [0.4, 0.5) is 0 Å². The lowest BCUT2D eigenvalue weighted by Gasteiger charge is -2.34. The van der Waals surface area contributed by atoms with Crippen molar-refractivity contribution in [3.63, 3.8) is 0 Å². The van der Waals surface area contributed by atoms with Crippen LogP contribution in [0, 0.1) is 17.8 Å². The van der Waals surface area contributed by atoms with E-state index in [0.717, 1.165) is 32.5 Å². The predicted octanol–water partition coefficient (Wildman–Crippen LogP) is 2.86. The van der Waals surface area contributed by atoms with E-state index in [9.17, 15) is 9.90 Å². The van der Waals surface area contributed by atoms with Crippen molar-refractivity contribution < 1.29 is 9.90 Å². The molecule has 2 aliphatic rings. The third-order valence-corrected chi connectivity index (χ3v) is 5.53. The molecule has 1 aliphatic carbocycles. The second kappa shape index (κ2) is 7.56. The van der Waals surface area contributed by atoms with Crippen LogP contribution < -0.4 is 0 Å². The normalized spacial score (nSPS) is 33.2. The summed E-state index contributed by atoms with van der Waals surface area (Å²) in [5.41, 5.74) is 0. The van der Waals surface area contributed by atoms with Gasteiger partial charge in [0.15, 0.2) is 0 Å². The number of Topliss-reactive ketones (excluding diaryl/α,β-unsaturated/α-hetero) is 1. The third kappa shape index (κ3) is 4.05. The van der Waals surface area contributed by atoms with Crippen LogP contribution >= 0.6 is 0 Å². The fraction of sp³-hybridized carbons (Fsp3) is 0.941. The number of β-amino-alcohol motifs (C(OH)–C–C–N with tert-alkyl or cyclic N) is 1. The molecule has 0 bridgehead atoms. The highest BCUT2D eigenvalue weighted by atomic mass is 16.3. The van der Waals surface area contributed by atoms with Gasteiger partial charge in [0.1, 0.15) is 5.78 Å². The Bertz CT molecular complexity index is 318. The minimum atomic E-state index is -0.173. The number of aliphatic hydroxyl groups is 1. The number of hydrogen-bond acceptors (Lipinski definition) is 3. The quantitative estimate of drug-likeness (QED) is 0.814. The molecule has 1 saturated heterocycles. The molecule has 4 unspecified atom stereocenters. The molecular weight excluding hydrogens is 250 g/mol. The molecule has 0 radical (unpaired) electrons. The van der Waals surface area contributed by atoms with Crippen molar-refractivity contribution in [1.82, 2.24) is 4.90 Å². The predicted molar refractivity (Wildman–Crippen MR) is 81.6 cm³/mol. The van der Waals surface area contributed by atoms with Gasteiger partial charge < -0.3 is 10.0 Å². The average molecular weight is 281 g/mol. The largest absolute Gasteiger partial charge is 0.392 e. The summed E-state index contributed by atoms with van der Waals surface area (Å²) in [5, 5.41) is 9.53. The Morgan fingerprint density at radius 1 is 1.30 bits per heavy atom. The molecule has 2 fully saturated rings. The standard InChI is InChI=1S/C17H31NO2/c1-3-13(2)15-6-4-5-7-16(15)17(20)9-11-18-10-8-14(19)12-18/h13-16,19H,3-12H2,1-2H3. The summed E-state index contributed by atoms with van der Waals surface area (Å²) in [6.45, 7) is 7.11. The van der Waals surface area contributed by atoms with Crippen molar-refractivity contribution in [1.29, 1.82) is 0 Å². The molecule has 116 valence electrons. The summed E-state index contributed by atoms with van der Waals surface area (Å²) in [6, 6.07) is 0. The molecule has 1 aliphatic heterocycles. The topological polar surface area (TPSA) is 40.5 Å². The Balaban J connectivity index is 1.83. The molecule has 3 heteroatoms. The van der Waals surface area contributed by atoms with Crippen LogP contribution in [0.2, 0.25) is 0 Å². The monoisotopic (exact) mass is 281 g/mol. The van der Waals surface area contributed by atoms with Crippen LogP contribution in [0.15, 0.2) is 0 Å². The van der Waals surface area contributed by atoms with Gasteiger partial charge in [-0.15, -0.1) is 0 Å². The zero-order chi connectivity index (χ0) is 14.5. The van der Waals surface area contributed by atoms with Gasteiger partial charge in [0.2, 0.25) is 0 Å². The maximum atomic E-state index is 12.6. The molecule has 1 heterocycles. The van der Waals surface area contributed by atoms with Crippen LogP contribution in [0.3, 0.4) is 0 Å². The molecule has 4 atom stereocenters. The lowest BCUT2D eigenvalue weighted by atomic mass is 9.70. The van der Waals surface area contributed by atoms with Gasteiger partial charge in [-0.25, -0.2) is 0 Å². The molecule has 0 spiro atoms. The Labute approximate surface area is 123 Å². The van der Waals surface area contributed by atoms with Crippen molar-refractivity contribution in [3.8, 4) is 0 Å². The SMILES string of the molecule is CCC(C)C1CCCCC1C(=O)CCN1CCC(O)C1. The van der Waals surface area contributed by atoms with Gasteiger partial charge in [0.25, 0.3) is 0 Å². The number of ketones is 1. The zero-order valence-electron chi connectivity index (χ0n) is 13.2. The molecule has 1 saturated carbocycles. The summed E-state index contributed by atoms with van der Waals surface area (Å²) < 4.78 is 0. The first-order valence-electron chi connectivity index (χ1n) is 8.55. The van der Waals surface area contributed by atoms with Crippen LogP contribution in [0.5, 0.6) is 0 Å². The van der Waals surface area contributed by atoms with Crippen LogP contribution in [0.1, 0.15) is 58.8 Å². The lowest BCUT2D eigenvalue weighted by Crippen LogP contribution is -2.33. The molecule has 1 N–H and O–H groups in total. The number of carbonyl (C=O) groups is 1. The van der Waals surface area contributed by atoms with Crippen molar-refractivity contribution in [2.45, 2.75) is 64.9 Å². The summed E-state index contributed by atoms with van der Waals surface area (Å²) in [7, 11) is 0. The maximum absolute atomic E-state index is 12.6. The fourth-order valence-electron chi connectivity index (χ4n) is 4.01. The fourth-order valence-corrected chi connectivity index (χ4v) is 4.01. The number of hydrogen-bond donors (Lipinski definition) is 1. The number of rotatable bonds is 6. The first kappa shape index (κ1) is 16.0. The third-order valence-electron chi connectivity index (χ3n) is 5.53. The minimum absolute atomic E-state index is 0.173. The van der Waals surface area contributed by atoms with E-state index in [2.05, 4.69) is 18.7 Å². The molecule has 0 aromatic rings. The smallest absolute Gasteiger partial charge is 0.137 e. The van der Waals surface area contributed by atoms with E-state index >= 15 is 0 Å². The van der Waals surface area contributed by atoms with Crippen molar-refractivity contribution in [2.24, 2.45) is 17.8 Å². The van der Waals surface area contributed by atoms with Gasteiger partial charge in [-0.05, 0) is 31.1 Å². The van der Waals surface area contributed by atoms with E-state index in [1.165, 1.54) is 25.7 Å². The summed E-state index contributed by atoms with van der Waals surface area (Å²) in [4.78, 5) is 14.8. The van der Waals surface area contributed by atoms with E-state index < -0.39 is 0 Å². The Morgan fingerprint density at radius 3 is 2.70 bits per heavy atom. The average Bonchev–Trinajstić information content (AvgIpc) is 2.89. The second-order valence-electron chi connectivity index (χ2n) is 6.90. The Morgan fingerprint density at radius 2 is 2.05 bits per heavy atom. The molecular formula is C17H31NO2. The van der Waals surface area contributed by atoms with E-state index in [1.807, 2.05) is 0 Å².